The number of hydrogen-bond acceptors (Lipinski definition) is 5. The Morgan fingerprint density at radius 2 is 1.48 bits per heavy atom. The van der Waals surface area contributed by atoms with Crippen LogP contribution < -0.4 is 9.04 Å². The van der Waals surface area contributed by atoms with Gasteiger partial charge in [0.15, 0.2) is 0 Å². The smallest absolute Gasteiger partial charge is 0.264 e. The largest absolute Gasteiger partial charge is 0.494 e. The van der Waals surface area contributed by atoms with Crippen molar-refractivity contribution < 1.29 is 22.3 Å². The topological polar surface area (TPSA) is 59.1 Å². The Bertz CT molecular complexity index is 873. The van der Waals surface area contributed by atoms with E-state index >= 15 is 0 Å². The third-order valence-electron chi connectivity index (χ3n) is 5.05. The average Bonchev–Trinajstić information content (AvgIpc) is 2.77. The highest BCUT2D eigenvalue weighted by molar-refractivity contribution is 7.92. The van der Waals surface area contributed by atoms with Gasteiger partial charge in [0.1, 0.15) is 11.6 Å². The fourth-order valence-electron chi connectivity index (χ4n) is 3.04. The molecule has 6 nitrogen and oxygen atoms in total. The number of unbranched alkanes of at least 4 members (excludes halogenated alkanes) is 3. The van der Waals surface area contributed by atoms with Crippen LogP contribution in [0.3, 0.4) is 0 Å². The minimum Gasteiger partial charge on any atom is -0.494 e. The number of rotatable bonds is 14. The van der Waals surface area contributed by atoms with Gasteiger partial charge in [-0.2, -0.15) is 0 Å². The molecule has 0 aliphatic heterocycles. The van der Waals surface area contributed by atoms with E-state index in [-0.39, 0.29) is 4.90 Å². The Balaban J connectivity index is 1.73. The number of anilines is 1. The van der Waals surface area contributed by atoms with Crippen LogP contribution in [-0.4, -0.2) is 60.8 Å². The second-order valence-electron chi connectivity index (χ2n) is 7.48. The lowest BCUT2D eigenvalue weighted by Gasteiger charge is -2.20. The minimum atomic E-state index is -3.75. The van der Waals surface area contributed by atoms with Gasteiger partial charge >= 0.3 is 0 Å². The fraction of sp³-hybridized carbons (Fsp3) is 0.478. The second-order valence-corrected chi connectivity index (χ2v) is 9.45. The van der Waals surface area contributed by atoms with E-state index < -0.39 is 15.8 Å². The van der Waals surface area contributed by atoms with Crippen LogP contribution in [0.1, 0.15) is 25.7 Å². The van der Waals surface area contributed by atoms with Crippen molar-refractivity contribution in [2.75, 3.05) is 51.8 Å². The number of halogens is 1. The standard InChI is InChI=1S/C23H33FN2O4S/c1-25(17-19-29-3)16-6-4-5-7-18-30-22-12-10-21(11-13-22)26(2)31(27,28)23-14-8-20(24)9-15-23/h8-15H,4-7,16-19H2,1-3H3. The third-order valence-corrected chi connectivity index (χ3v) is 6.85. The Hall–Kier alpha value is -2.16. The number of benzene rings is 2. The summed E-state index contributed by atoms with van der Waals surface area (Å²) in [5.41, 5.74) is 0.509. The monoisotopic (exact) mass is 452 g/mol. The summed E-state index contributed by atoms with van der Waals surface area (Å²) in [6, 6.07) is 11.7. The van der Waals surface area contributed by atoms with Crippen LogP contribution in [0.4, 0.5) is 10.1 Å². The zero-order chi connectivity index (χ0) is 22.7. The molecule has 0 bridgehead atoms. The zero-order valence-corrected chi connectivity index (χ0v) is 19.4. The van der Waals surface area contributed by atoms with Crippen molar-refractivity contribution in [3.05, 3.63) is 54.3 Å². The van der Waals surface area contributed by atoms with Crippen molar-refractivity contribution >= 4 is 15.7 Å². The first kappa shape index (κ1) is 25.1. The number of sulfonamides is 1. The van der Waals surface area contributed by atoms with Crippen molar-refractivity contribution in [2.45, 2.75) is 30.6 Å². The van der Waals surface area contributed by atoms with Gasteiger partial charge in [-0.3, -0.25) is 4.31 Å². The fourth-order valence-corrected chi connectivity index (χ4v) is 4.24. The van der Waals surface area contributed by atoms with Crippen LogP contribution in [0.5, 0.6) is 5.75 Å². The molecule has 0 heterocycles. The lowest BCUT2D eigenvalue weighted by atomic mass is 10.2. The van der Waals surface area contributed by atoms with Gasteiger partial charge in [0.25, 0.3) is 10.0 Å². The van der Waals surface area contributed by atoms with Crippen molar-refractivity contribution in [2.24, 2.45) is 0 Å². The molecule has 2 aromatic carbocycles. The lowest BCUT2D eigenvalue weighted by molar-refractivity contribution is 0.160. The lowest BCUT2D eigenvalue weighted by Crippen LogP contribution is -2.26. The van der Waals surface area contributed by atoms with E-state index in [1.165, 1.54) is 23.5 Å². The van der Waals surface area contributed by atoms with Crippen molar-refractivity contribution in [3.8, 4) is 5.75 Å². The highest BCUT2D eigenvalue weighted by Gasteiger charge is 2.21. The van der Waals surface area contributed by atoms with Crippen LogP contribution in [-0.2, 0) is 14.8 Å². The first-order valence-corrected chi connectivity index (χ1v) is 11.9. The van der Waals surface area contributed by atoms with Crippen molar-refractivity contribution in [1.29, 1.82) is 0 Å². The van der Waals surface area contributed by atoms with Crippen LogP contribution in [0.2, 0.25) is 0 Å². The predicted octanol–water partition coefficient (Wildman–Crippen LogP) is 4.17. The summed E-state index contributed by atoms with van der Waals surface area (Å²) in [6.45, 7) is 3.41. The van der Waals surface area contributed by atoms with Gasteiger partial charge in [0, 0.05) is 20.7 Å². The van der Waals surface area contributed by atoms with Gasteiger partial charge in [-0.05, 0) is 75.0 Å². The summed E-state index contributed by atoms with van der Waals surface area (Å²) in [4.78, 5) is 2.32. The van der Waals surface area contributed by atoms with Gasteiger partial charge < -0.3 is 14.4 Å². The normalized spacial score (nSPS) is 11.6. The quantitative estimate of drug-likeness (QED) is 0.403. The molecule has 0 saturated carbocycles. The molecule has 2 aromatic rings. The molecule has 0 atom stereocenters. The molecule has 172 valence electrons. The molecule has 0 amide bonds. The summed E-state index contributed by atoms with van der Waals surface area (Å²) < 4.78 is 50.5. The Kier molecular flexibility index (Phi) is 10.2. The van der Waals surface area contributed by atoms with E-state index in [0.29, 0.717) is 18.0 Å². The van der Waals surface area contributed by atoms with Gasteiger partial charge in [-0.15, -0.1) is 0 Å². The zero-order valence-electron chi connectivity index (χ0n) is 18.6. The maximum atomic E-state index is 13.1. The number of likely N-dealkylation sites (N-methyl/N-ethyl adjacent to an activating group) is 1. The molecule has 0 aliphatic carbocycles. The molecular weight excluding hydrogens is 419 g/mol. The number of hydrogen-bond donors (Lipinski definition) is 0. The van der Waals surface area contributed by atoms with Crippen LogP contribution in [0.15, 0.2) is 53.4 Å². The van der Waals surface area contributed by atoms with E-state index in [1.807, 2.05) is 0 Å². The van der Waals surface area contributed by atoms with Gasteiger partial charge in [0.2, 0.25) is 0 Å². The van der Waals surface area contributed by atoms with Crippen LogP contribution in [0.25, 0.3) is 0 Å². The number of ether oxygens (including phenoxy) is 2. The van der Waals surface area contributed by atoms with Gasteiger partial charge in [0.05, 0.1) is 23.8 Å². The predicted molar refractivity (Wildman–Crippen MR) is 122 cm³/mol. The maximum absolute atomic E-state index is 13.1. The molecule has 0 spiro atoms. The first-order chi connectivity index (χ1) is 14.8. The van der Waals surface area contributed by atoms with E-state index in [0.717, 1.165) is 57.5 Å². The Morgan fingerprint density at radius 1 is 0.839 bits per heavy atom. The number of nitrogens with zero attached hydrogens (tertiary/aromatic N) is 2. The molecule has 0 unspecified atom stereocenters. The van der Waals surface area contributed by atoms with E-state index in [2.05, 4.69) is 11.9 Å². The van der Waals surface area contributed by atoms with Gasteiger partial charge in [-0.25, -0.2) is 12.8 Å². The summed E-state index contributed by atoms with van der Waals surface area (Å²) in [5, 5.41) is 0. The summed E-state index contributed by atoms with van der Waals surface area (Å²) in [7, 11) is 1.55. The molecular formula is C23H33FN2O4S. The van der Waals surface area contributed by atoms with Crippen molar-refractivity contribution in [3.63, 3.8) is 0 Å². The molecule has 0 radical (unpaired) electrons. The summed E-state index contributed by atoms with van der Waals surface area (Å²) in [5.74, 6) is 0.230. The summed E-state index contributed by atoms with van der Waals surface area (Å²) in [6.07, 6.45) is 4.40. The average molecular weight is 453 g/mol. The molecule has 31 heavy (non-hydrogen) atoms. The Labute approximate surface area is 185 Å². The molecule has 2 rings (SSSR count). The second kappa shape index (κ2) is 12.6. The van der Waals surface area contributed by atoms with Crippen LogP contribution in [0, 0.1) is 5.82 Å². The third kappa shape index (κ3) is 8.12. The Morgan fingerprint density at radius 3 is 2.13 bits per heavy atom. The molecule has 0 fully saturated rings. The van der Waals surface area contributed by atoms with E-state index in [1.54, 1.807) is 31.4 Å². The minimum absolute atomic E-state index is 0.0432. The van der Waals surface area contributed by atoms with E-state index in [9.17, 15) is 12.8 Å². The van der Waals surface area contributed by atoms with Crippen LogP contribution >= 0.6 is 0 Å². The van der Waals surface area contributed by atoms with Crippen molar-refractivity contribution in [1.82, 2.24) is 4.90 Å². The summed E-state index contributed by atoms with van der Waals surface area (Å²) >= 11 is 0. The molecule has 0 N–H and O–H groups in total. The van der Waals surface area contributed by atoms with E-state index in [4.69, 9.17) is 9.47 Å². The maximum Gasteiger partial charge on any atom is 0.264 e. The molecule has 0 saturated heterocycles. The SMILES string of the molecule is COCCN(C)CCCCCCOc1ccc(N(C)S(=O)(=O)c2ccc(F)cc2)cc1. The molecule has 0 aromatic heterocycles. The number of methoxy groups -OCH3 is 1. The van der Waals surface area contributed by atoms with Gasteiger partial charge in [-0.1, -0.05) is 12.8 Å². The molecule has 0 aliphatic rings. The molecule has 8 heteroatoms. The highest BCUT2D eigenvalue weighted by Crippen LogP contribution is 2.24. The highest BCUT2D eigenvalue weighted by atomic mass is 32.2. The first-order valence-electron chi connectivity index (χ1n) is 10.5.